The van der Waals surface area contributed by atoms with E-state index < -0.39 is 18.5 Å². The molecule has 2 amide bonds. The predicted octanol–water partition coefficient (Wildman–Crippen LogP) is 0.568. The summed E-state index contributed by atoms with van der Waals surface area (Å²) in [6.45, 7) is 3.70. The van der Waals surface area contributed by atoms with Crippen LogP contribution in [0.4, 0.5) is 0 Å². The summed E-state index contributed by atoms with van der Waals surface area (Å²) in [5, 5.41) is 0. The fourth-order valence-corrected chi connectivity index (χ4v) is 2.60. The molecule has 1 aliphatic heterocycles. The zero-order valence-corrected chi connectivity index (χ0v) is 16.4. The Balaban J connectivity index is 1.86. The SMILES string of the molecule is CCOc1cc(C(=O)OCC(=O)N(C)CC(=O)N2CCOCC2)ccc1OC. The topological polar surface area (TPSA) is 94.6 Å². The summed E-state index contributed by atoms with van der Waals surface area (Å²) in [4.78, 5) is 39.5. The molecule has 1 aliphatic rings. The Morgan fingerprint density at radius 1 is 1.18 bits per heavy atom. The van der Waals surface area contributed by atoms with Gasteiger partial charge in [0.1, 0.15) is 0 Å². The minimum atomic E-state index is -0.662. The number of hydrogen-bond acceptors (Lipinski definition) is 7. The van der Waals surface area contributed by atoms with Crippen LogP contribution in [0.5, 0.6) is 11.5 Å². The van der Waals surface area contributed by atoms with E-state index in [0.29, 0.717) is 44.4 Å². The standard InChI is InChI=1S/C19H26N2O7/c1-4-27-16-11-14(5-6-15(16)25-3)19(24)28-13-18(23)20(2)12-17(22)21-7-9-26-10-8-21/h5-6,11H,4,7-10,12-13H2,1-3H3. The van der Waals surface area contributed by atoms with Gasteiger partial charge >= 0.3 is 5.97 Å². The highest BCUT2D eigenvalue weighted by atomic mass is 16.5. The molecule has 0 atom stereocenters. The summed E-state index contributed by atoms with van der Waals surface area (Å²) in [5.74, 6) is -0.379. The Labute approximate surface area is 164 Å². The molecular weight excluding hydrogens is 368 g/mol. The van der Waals surface area contributed by atoms with Gasteiger partial charge in [-0.25, -0.2) is 4.79 Å². The van der Waals surface area contributed by atoms with Crippen molar-refractivity contribution in [2.45, 2.75) is 6.92 Å². The lowest BCUT2D eigenvalue weighted by molar-refractivity contribution is -0.143. The zero-order valence-electron chi connectivity index (χ0n) is 16.4. The van der Waals surface area contributed by atoms with E-state index in [4.69, 9.17) is 18.9 Å². The van der Waals surface area contributed by atoms with Gasteiger partial charge in [0.15, 0.2) is 18.1 Å². The van der Waals surface area contributed by atoms with Gasteiger partial charge in [-0.2, -0.15) is 0 Å². The summed E-state index contributed by atoms with van der Waals surface area (Å²) in [5.41, 5.74) is 0.240. The molecule has 0 spiro atoms. The molecule has 154 valence electrons. The molecule has 28 heavy (non-hydrogen) atoms. The van der Waals surface area contributed by atoms with Crippen molar-refractivity contribution in [1.82, 2.24) is 9.80 Å². The first-order valence-electron chi connectivity index (χ1n) is 9.03. The molecule has 0 radical (unpaired) electrons. The van der Waals surface area contributed by atoms with Crippen molar-refractivity contribution < 1.29 is 33.3 Å². The molecule has 0 unspecified atom stereocenters. The number of hydrogen-bond donors (Lipinski definition) is 0. The van der Waals surface area contributed by atoms with Crippen LogP contribution in [0.1, 0.15) is 17.3 Å². The van der Waals surface area contributed by atoms with Crippen molar-refractivity contribution >= 4 is 17.8 Å². The first-order valence-corrected chi connectivity index (χ1v) is 9.03. The van der Waals surface area contributed by atoms with Gasteiger partial charge in [-0.1, -0.05) is 0 Å². The van der Waals surface area contributed by atoms with Crippen LogP contribution >= 0.6 is 0 Å². The number of carbonyl (C=O) groups excluding carboxylic acids is 3. The predicted molar refractivity (Wildman–Crippen MR) is 99.5 cm³/mol. The lowest BCUT2D eigenvalue weighted by Gasteiger charge is -2.28. The smallest absolute Gasteiger partial charge is 0.338 e. The monoisotopic (exact) mass is 394 g/mol. The average molecular weight is 394 g/mol. The Morgan fingerprint density at radius 3 is 2.54 bits per heavy atom. The van der Waals surface area contributed by atoms with Crippen LogP contribution in [0.2, 0.25) is 0 Å². The number of rotatable bonds is 8. The van der Waals surface area contributed by atoms with Gasteiger partial charge in [-0.15, -0.1) is 0 Å². The molecule has 0 saturated carbocycles. The molecule has 1 aromatic carbocycles. The zero-order chi connectivity index (χ0) is 20.5. The second-order valence-electron chi connectivity index (χ2n) is 6.12. The van der Waals surface area contributed by atoms with Crippen LogP contribution in [-0.2, 0) is 19.1 Å². The quantitative estimate of drug-likeness (QED) is 0.595. The number of morpholine rings is 1. The van der Waals surface area contributed by atoms with Gasteiger partial charge in [-0.3, -0.25) is 9.59 Å². The Bertz CT molecular complexity index is 702. The number of benzene rings is 1. The molecule has 0 aromatic heterocycles. The van der Waals surface area contributed by atoms with Crippen molar-refractivity contribution in [3.05, 3.63) is 23.8 Å². The lowest BCUT2D eigenvalue weighted by atomic mass is 10.2. The van der Waals surface area contributed by atoms with Gasteiger partial charge in [0.05, 0.1) is 39.0 Å². The molecule has 0 aliphatic carbocycles. The number of nitrogens with zero attached hydrogens (tertiary/aromatic N) is 2. The molecule has 0 bridgehead atoms. The fourth-order valence-electron chi connectivity index (χ4n) is 2.60. The van der Waals surface area contributed by atoms with Crippen molar-refractivity contribution in [3.63, 3.8) is 0 Å². The molecule has 2 rings (SSSR count). The number of esters is 1. The van der Waals surface area contributed by atoms with E-state index in [1.807, 2.05) is 6.92 Å². The maximum absolute atomic E-state index is 12.2. The third-order valence-electron chi connectivity index (χ3n) is 4.19. The molecule has 9 heteroatoms. The van der Waals surface area contributed by atoms with E-state index in [9.17, 15) is 14.4 Å². The Hall–Kier alpha value is -2.81. The van der Waals surface area contributed by atoms with Crippen LogP contribution < -0.4 is 9.47 Å². The number of ether oxygens (including phenoxy) is 4. The van der Waals surface area contributed by atoms with E-state index >= 15 is 0 Å². The summed E-state index contributed by atoms with van der Waals surface area (Å²) >= 11 is 0. The maximum Gasteiger partial charge on any atom is 0.338 e. The summed E-state index contributed by atoms with van der Waals surface area (Å²) in [7, 11) is 3.00. The first kappa shape index (κ1) is 21.5. The Kier molecular flexibility index (Phi) is 8.06. The molecular formula is C19H26N2O7. The summed E-state index contributed by atoms with van der Waals surface area (Å²) in [6, 6.07) is 4.62. The molecule has 1 fully saturated rings. The highest BCUT2D eigenvalue weighted by molar-refractivity contribution is 5.92. The third kappa shape index (κ3) is 5.85. The van der Waals surface area contributed by atoms with E-state index in [1.54, 1.807) is 11.0 Å². The lowest BCUT2D eigenvalue weighted by Crippen LogP contribution is -2.46. The van der Waals surface area contributed by atoms with Crippen molar-refractivity contribution in [2.75, 3.05) is 60.2 Å². The van der Waals surface area contributed by atoms with E-state index in [-0.39, 0.29) is 18.0 Å². The van der Waals surface area contributed by atoms with Crippen LogP contribution in [0.15, 0.2) is 18.2 Å². The van der Waals surface area contributed by atoms with Crippen molar-refractivity contribution in [3.8, 4) is 11.5 Å². The van der Waals surface area contributed by atoms with Gasteiger partial charge in [0.2, 0.25) is 5.91 Å². The van der Waals surface area contributed by atoms with Gasteiger partial charge < -0.3 is 28.7 Å². The average Bonchev–Trinajstić information content (AvgIpc) is 2.72. The molecule has 1 saturated heterocycles. The maximum atomic E-state index is 12.2. The summed E-state index contributed by atoms with van der Waals surface area (Å²) in [6.07, 6.45) is 0. The van der Waals surface area contributed by atoms with Crippen molar-refractivity contribution in [2.24, 2.45) is 0 Å². The van der Waals surface area contributed by atoms with Crippen LogP contribution in [0.25, 0.3) is 0 Å². The molecule has 0 N–H and O–H groups in total. The highest BCUT2D eigenvalue weighted by Crippen LogP contribution is 2.28. The fraction of sp³-hybridized carbons (Fsp3) is 0.526. The normalized spacial score (nSPS) is 13.6. The van der Waals surface area contributed by atoms with Crippen LogP contribution in [0.3, 0.4) is 0 Å². The largest absolute Gasteiger partial charge is 0.493 e. The number of likely N-dealkylation sites (N-methyl/N-ethyl adjacent to an activating group) is 1. The molecule has 1 heterocycles. The number of methoxy groups -OCH3 is 1. The Morgan fingerprint density at radius 2 is 1.89 bits per heavy atom. The van der Waals surface area contributed by atoms with Crippen molar-refractivity contribution in [1.29, 1.82) is 0 Å². The van der Waals surface area contributed by atoms with Gasteiger partial charge in [-0.05, 0) is 25.1 Å². The molecule has 9 nitrogen and oxygen atoms in total. The van der Waals surface area contributed by atoms with Crippen LogP contribution in [-0.4, -0.2) is 87.8 Å². The van der Waals surface area contributed by atoms with Gasteiger partial charge in [0, 0.05) is 20.1 Å². The highest BCUT2D eigenvalue weighted by Gasteiger charge is 2.21. The summed E-state index contributed by atoms with van der Waals surface area (Å²) < 4.78 is 20.9. The van der Waals surface area contributed by atoms with E-state index in [1.165, 1.54) is 31.2 Å². The number of amides is 2. The number of carbonyl (C=O) groups is 3. The second-order valence-corrected chi connectivity index (χ2v) is 6.12. The van der Waals surface area contributed by atoms with Crippen LogP contribution in [0, 0.1) is 0 Å². The minimum absolute atomic E-state index is 0.0760. The van der Waals surface area contributed by atoms with E-state index in [2.05, 4.69) is 0 Å². The second kappa shape index (κ2) is 10.5. The molecule has 1 aromatic rings. The minimum Gasteiger partial charge on any atom is -0.493 e. The third-order valence-corrected chi connectivity index (χ3v) is 4.19. The van der Waals surface area contributed by atoms with E-state index in [0.717, 1.165) is 0 Å². The first-order chi connectivity index (χ1) is 13.5. The van der Waals surface area contributed by atoms with Gasteiger partial charge in [0.25, 0.3) is 5.91 Å².